The van der Waals surface area contributed by atoms with Gasteiger partial charge in [-0.05, 0) is 17.7 Å². The SMILES string of the molecule is COc1ccc([C@@H]2[C@H](OC(C)=O)[C@@H](OC(C)=O)C(=O)N2C)cc1. The number of likely N-dealkylation sites (N-methyl/N-ethyl adjacent to an activating group) is 1. The van der Waals surface area contributed by atoms with Crippen molar-refractivity contribution in [1.29, 1.82) is 0 Å². The molecule has 0 radical (unpaired) electrons. The Labute approximate surface area is 134 Å². The predicted octanol–water partition coefficient (Wildman–Crippen LogP) is 1.07. The van der Waals surface area contributed by atoms with Gasteiger partial charge in [0.15, 0.2) is 6.10 Å². The lowest BCUT2D eigenvalue weighted by Gasteiger charge is -2.25. The van der Waals surface area contributed by atoms with E-state index in [1.165, 1.54) is 18.7 Å². The normalized spacial score (nSPS) is 23.6. The smallest absolute Gasteiger partial charge is 0.303 e. The van der Waals surface area contributed by atoms with E-state index in [1.54, 1.807) is 38.4 Å². The van der Waals surface area contributed by atoms with Crippen molar-refractivity contribution in [2.24, 2.45) is 0 Å². The number of esters is 2. The fourth-order valence-corrected chi connectivity index (χ4v) is 2.69. The van der Waals surface area contributed by atoms with Crippen molar-refractivity contribution >= 4 is 17.8 Å². The molecule has 124 valence electrons. The molecule has 0 bridgehead atoms. The van der Waals surface area contributed by atoms with Gasteiger partial charge in [-0.3, -0.25) is 14.4 Å². The summed E-state index contributed by atoms with van der Waals surface area (Å²) in [7, 11) is 3.13. The summed E-state index contributed by atoms with van der Waals surface area (Å²) < 4.78 is 15.5. The number of carbonyl (C=O) groups excluding carboxylic acids is 3. The van der Waals surface area contributed by atoms with Crippen molar-refractivity contribution in [3.63, 3.8) is 0 Å². The minimum Gasteiger partial charge on any atom is -0.497 e. The molecule has 23 heavy (non-hydrogen) atoms. The Morgan fingerprint density at radius 3 is 2.09 bits per heavy atom. The van der Waals surface area contributed by atoms with E-state index in [2.05, 4.69) is 0 Å². The van der Waals surface area contributed by atoms with Gasteiger partial charge in [-0.25, -0.2) is 0 Å². The number of hydrogen-bond acceptors (Lipinski definition) is 6. The molecular formula is C16H19NO6. The molecule has 1 amide bonds. The Morgan fingerprint density at radius 2 is 1.61 bits per heavy atom. The highest BCUT2D eigenvalue weighted by atomic mass is 16.6. The fourth-order valence-electron chi connectivity index (χ4n) is 2.69. The molecule has 0 aliphatic carbocycles. The van der Waals surface area contributed by atoms with Gasteiger partial charge in [0.1, 0.15) is 5.75 Å². The Bertz CT molecular complexity index is 612. The maximum absolute atomic E-state index is 12.4. The van der Waals surface area contributed by atoms with Crippen LogP contribution in [0.1, 0.15) is 25.5 Å². The van der Waals surface area contributed by atoms with Crippen LogP contribution in [0.25, 0.3) is 0 Å². The third kappa shape index (κ3) is 3.44. The molecule has 1 saturated heterocycles. The first kappa shape index (κ1) is 16.8. The van der Waals surface area contributed by atoms with Gasteiger partial charge in [0.25, 0.3) is 5.91 Å². The first-order valence-electron chi connectivity index (χ1n) is 7.10. The highest BCUT2D eigenvalue weighted by Crippen LogP contribution is 2.36. The van der Waals surface area contributed by atoms with Crippen molar-refractivity contribution in [3.05, 3.63) is 29.8 Å². The van der Waals surface area contributed by atoms with E-state index in [9.17, 15) is 14.4 Å². The Hall–Kier alpha value is -2.57. The molecule has 0 unspecified atom stereocenters. The van der Waals surface area contributed by atoms with Crippen molar-refractivity contribution in [3.8, 4) is 5.75 Å². The summed E-state index contributed by atoms with van der Waals surface area (Å²) in [6.07, 6.45) is -2.05. The second-order valence-electron chi connectivity index (χ2n) is 5.27. The van der Waals surface area contributed by atoms with Gasteiger partial charge in [0.05, 0.1) is 13.2 Å². The zero-order chi connectivity index (χ0) is 17.1. The lowest BCUT2D eigenvalue weighted by molar-refractivity contribution is -0.166. The Balaban J connectivity index is 2.38. The molecule has 7 heteroatoms. The van der Waals surface area contributed by atoms with Gasteiger partial charge in [-0.2, -0.15) is 0 Å². The third-order valence-corrected chi connectivity index (χ3v) is 3.67. The lowest BCUT2D eigenvalue weighted by atomic mass is 10.0. The number of methoxy groups -OCH3 is 1. The average Bonchev–Trinajstić information content (AvgIpc) is 2.71. The summed E-state index contributed by atoms with van der Waals surface area (Å²) in [6, 6.07) is 6.51. The predicted molar refractivity (Wildman–Crippen MR) is 79.6 cm³/mol. The van der Waals surface area contributed by atoms with E-state index in [4.69, 9.17) is 14.2 Å². The van der Waals surface area contributed by atoms with Crippen molar-refractivity contribution in [2.75, 3.05) is 14.2 Å². The zero-order valence-corrected chi connectivity index (χ0v) is 13.4. The molecule has 1 aliphatic rings. The number of hydrogen-bond donors (Lipinski definition) is 0. The molecular weight excluding hydrogens is 302 g/mol. The number of benzene rings is 1. The average molecular weight is 321 g/mol. The number of nitrogens with zero attached hydrogens (tertiary/aromatic N) is 1. The zero-order valence-electron chi connectivity index (χ0n) is 13.4. The van der Waals surface area contributed by atoms with E-state index in [1.807, 2.05) is 0 Å². The largest absolute Gasteiger partial charge is 0.497 e. The second kappa shape index (κ2) is 6.68. The van der Waals surface area contributed by atoms with Gasteiger partial charge in [-0.1, -0.05) is 12.1 Å². The van der Waals surface area contributed by atoms with Crippen LogP contribution in [0.2, 0.25) is 0 Å². The van der Waals surface area contributed by atoms with Crippen molar-refractivity contribution in [2.45, 2.75) is 32.1 Å². The van der Waals surface area contributed by atoms with Crippen LogP contribution in [0.5, 0.6) is 5.75 Å². The number of ether oxygens (including phenoxy) is 3. The molecule has 1 heterocycles. The van der Waals surface area contributed by atoms with Gasteiger partial charge >= 0.3 is 11.9 Å². The van der Waals surface area contributed by atoms with Gasteiger partial charge < -0.3 is 19.1 Å². The van der Waals surface area contributed by atoms with E-state index in [0.717, 1.165) is 5.56 Å². The van der Waals surface area contributed by atoms with Crippen LogP contribution in [-0.4, -0.2) is 49.1 Å². The first-order valence-corrected chi connectivity index (χ1v) is 7.10. The summed E-state index contributed by atoms with van der Waals surface area (Å²) in [4.78, 5) is 36.5. The molecule has 1 aliphatic heterocycles. The van der Waals surface area contributed by atoms with Crippen LogP contribution >= 0.6 is 0 Å². The first-order chi connectivity index (χ1) is 10.8. The van der Waals surface area contributed by atoms with Gasteiger partial charge in [-0.15, -0.1) is 0 Å². The maximum Gasteiger partial charge on any atom is 0.303 e. The van der Waals surface area contributed by atoms with E-state index < -0.39 is 36.1 Å². The summed E-state index contributed by atoms with van der Waals surface area (Å²) in [5.74, 6) is -0.897. The Morgan fingerprint density at radius 1 is 1.04 bits per heavy atom. The molecule has 3 atom stereocenters. The van der Waals surface area contributed by atoms with Crippen LogP contribution in [0.15, 0.2) is 24.3 Å². The standard InChI is InChI=1S/C16H19NO6/c1-9(18)22-14-13(11-5-7-12(21-4)8-6-11)17(3)16(20)15(14)23-10(2)19/h5-8,13-15H,1-4H3/t13-,14+,15-/m1/s1. The molecule has 1 fully saturated rings. The summed E-state index contributed by atoms with van der Waals surface area (Å²) in [6.45, 7) is 2.46. The molecule has 2 rings (SSSR count). The Kier molecular flexibility index (Phi) is 4.88. The van der Waals surface area contributed by atoms with Gasteiger partial charge in [0, 0.05) is 20.9 Å². The maximum atomic E-state index is 12.4. The van der Waals surface area contributed by atoms with Crippen LogP contribution in [0.3, 0.4) is 0 Å². The molecule has 0 saturated carbocycles. The minimum absolute atomic E-state index is 0.410. The molecule has 0 aromatic heterocycles. The minimum atomic E-state index is -1.14. The van der Waals surface area contributed by atoms with E-state index >= 15 is 0 Å². The van der Waals surface area contributed by atoms with E-state index in [0.29, 0.717) is 5.75 Å². The number of amides is 1. The monoisotopic (exact) mass is 321 g/mol. The highest BCUT2D eigenvalue weighted by Gasteiger charge is 2.51. The van der Waals surface area contributed by atoms with Crippen LogP contribution in [0.4, 0.5) is 0 Å². The summed E-state index contributed by atoms with van der Waals surface area (Å²) in [5.41, 5.74) is 0.752. The van der Waals surface area contributed by atoms with Crippen molar-refractivity contribution in [1.82, 2.24) is 4.90 Å². The van der Waals surface area contributed by atoms with Crippen LogP contribution < -0.4 is 4.74 Å². The summed E-state index contributed by atoms with van der Waals surface area (Å²) in [5, 5.41) is 0. The van der Waals surface area contributed by atoms with Crippen molar-refractivity contribution < 1.29 is 28.6 Å². The fraction of sp³-hybridized carbons (Fsp3) is 0.438. The number of rotatable bonds is 4. The molecule has 1 aromatic rings. The second-order valence-corrected chi connectivity index (χ2v) is 5.27. The topological polar surface area (TPSA) is 82.1 Å². The van der Waals surface area contributed by atoms with Crippen LogP contribution in [-0.2, 0) is 23.9 Å². The quantitative estimate of drug-likeness (QED) is 0.772. The number of carbonyl (C=O) groups is 3. The van der Waals surface area contributed by atoms with Crippen LogP contribution in [0, 0.1) is 0 Å². The lowest BCUT2D eigenvalue weighted by Crippen LogP contribution is -2.36. The molecule has 0 N–H and O–H groups in total. The molecule has 1 aromatic carbocycles. The summed E-state index contributed by atoms with van der Waals surface area (Å²) >= 11 is 0. The van der Waals surface area contributed by atoms with E-state index in [-0.39, 0.29) is 0 Å². The third-order valence-electron chi connectivity index (χ3n) is 3.67. The van der Waals surface area contributed by atoms with Gasteiger partial charge in [0.2, 0.25) is 6.10 Å². The molecule has 0 spiro atoms. The highest BCUT2D eigenvalue weighted by molar-refractivity contribution is 5.87. The number of likely N-dealkylation sites (tertiary alicyclic amines) is 1. The molecule has 7 nitrogen and oxygen atoms in total.